The zero-order chi connectivity index (χ0) is 26.6. The van der Waals surface area contributed by atoms with E-state index in [9.17, 15) is 21.6 Å². The Morgan fingerprint density at radius 3 is 2.19 bits per heavy atom. The monoisotopic (exact) mass is 549 g/mol. The molecular formula is C26H35N3O6S2. The van der Waals surface area contributed by atoms with E-state index >= 15 is 0 Å². The van der Waals surface area contributed by atoms with Crippen LogP contribution >= 0.6 is 0 Å². The summed E-state index contributed by atoms with van der Waals surface area (Å²) >= 11 is 0. The molecule has 0 bridgehead atoms. The number of piperidine rings is 1. The Morgan fingerprint density at radius 2 is 1.54 bits per heavy atom. The first-order valence-electron chi connectivity index (χ1n) is 12.7. The molecule has 0 radical (unpaired) electrons. The first-order chi connectivity index (χ1) is 17.6. The van der Waals surface area contributed by atoms with E-state index in [1.165, 1.54) is 8.61 Å². The lowest BCUT2D eigenvalue weighted by Crippen LogP contribution is -2.45. The molecule has 4 rings (SSSR count). The number of nitrogens with one attached hydrogen (secondary N) is 1. The summed E-state index contributed by atoms with van der Waals surface area (Å²) in [7, 11) is -7.22. The number of ether oxygens (including phenoxy) is 1. The molecule has 2 aromatic rings. The summed E-state index contributed by atoms with van der Waals surface area (Å²) in [6.07, 6.45) is 2.95. The second kappa shape index (κ2) is 11.5. The maximum Gasteiger partial charge on any atom is 0.243 e. The Labute approximate surface area is 219 Å². The minimum absolute atomic E-state index is 0.118. The van der Waals surface area contributed by atoms with Crippen LogP contribution in [-0.2, 0) is 31.4 Å². The van der Waals surface area contributed by atoms with E-state index < -0.39 is 26.0 Å². The van der Waals surface area contributed by atoms with E-state index in [0.717, 1.165) is 24.0 Å². The van der Waals surface area contributed by atoms with Crippen molar-refractivity contribution in [3.8, 4) is 5.75 Å². The van der Waals surface area contributed by atoms with E-state index in [1.807, 2.05) is 13.8 Å². The molecule has 1 amide bonds. The van der Waals surface area contributed by atoms with Gasteiger partial charge in [-0.3, -0.25) is 4.79 Å². The van der Waals surface area contributed by atoms with Gasteiger partial charge in [-0.05, 0) is 81.0 Å². The smallest absolute Gasteiger partial charge is 0.243 e. The molecule has 9 nitrogen and oxygen atoms in total. The molecule has 2 aromatic carbocycles. The van der Waals surface area contributed by atoms with Crippen molar-refractivity contribution in [2.24, 2.45) is 5.92 Å². The molecule has 202 valence electrons. The van der Waals surface area contributed by atoms with Crippen LogP contribution in [0, 0.1) is 12.8 Å². The number of nitrogens with zero attached hydrogens (tertiary/aromatic N) is 2. The van der Waals surface area contributed by atoms with Gasteiger partial charge in [0.05, 0.1) is 22.3 Å². The summed E-state index contributed by atoms with van der Waals surface area (Å²) in [6, 6.07) is 11.4. The number of aryl methyl sites for hydroxylation is 1. The normalized spacial score (nSPS) is 19.6. The van der Waals surface area contributed by atoms with Gasteiger partial charge in [0.1, 0.15) is 5.75 Å². The average Bonchev–Trinajstić information content (AvgIpc) is 3.45. The number of carbonyl (C=O) groups is 1. The van der Waals surface area contributed by atoms with Crippen LogP contribution in [0.15, 0.2) is 52.3 Å². The third kappa shape index (κ3) is 6.17. The van der Waals surface area contributed by atoms with Crippen LogP contribution in [0.3, 0.4) is 0 Å². The Balaban J connectivity index is 1.36. The maximum absolute atomic E-state index is 13.3. The van der Waals surface area contributed by atoms with Crippen molar-refractivity contribution in [1.29, 1.82) is 0 Å². The average molecular weight is 550 g/mol. The number of amides is 1. The fraction of sp³-hybridized carbons (Fsp3) is 0.500. The summed E-state index contributed by atoms with van der Waals surface area (Å²) in [5.74, 6) is -0.0160. The first-order valence-corrected chi connectivity index (χ1v) is 15.6. The molecule has 2 saturated heterocycles. The summed E-state index contributed by atoms with van der Waals surface area (Å²) in [4.78, 5) is 13.3. The predicted octanol–water partition coefficient (Wildman–Crippen LogP) is 2.90. The second-order valence-electron chi connectivity index (χ2n) is 9.54. The number of benzene rings is 2. The minimum atomic E-state index is -3.74. The molecule has 37 heavy (non-hydrogen) atoms. The fourth-order valence-electron chi connectivity index (χ4n) is 4.81. The molecule has 1 N–H and O–H groups in total. The third-order valence-corrected chi connectivity index (χ3v) is 10.7. The largest absolute Gasteiger partial charge is 0.494 e. The molecule has 1 unspecified atom stereocenters. The van der Waals surface area contributed by atoms with Crippen LogP contribution in [0.1, 0.15) is 43.7 Å². The van der Waals surface area contributed by atoms with Gasteiger partial charge in [0.15, 0.2) is 0 Å². The summed E-state index contributed by atoms with van der Waals surface area (Å²) in [6.45, 7) is 6.00. The molecular weight excluding hydrogens is 514 g/mol. The molecule has 11 heteroatoms. The van der Waals surface area contributed by atoms with Crippen LogP contribution in [0.2, 0.25) is 0 Å². The maximum atomic E-state index is 13.3. The lowest BCUT2D eigenvalue weighted by molar-refractivity contribution is -0.126. The topological polar surface area (TPSA) is 113 Å². The molecule has 2 heterocycles. The fourth-order valence-corrected chi connectivity index (χ4v) is 7.94. The zero-order valence-corrected chi connectivity index (χ0v) is 23.0. The SMILES string of the molecule is CCOc1ccc(S(=O)(=O)N2CCCC(C(=O)NCc3ccc(S(=O)(=O)N4CCCC4)cc3)C2)cc1C. The minimum Gasteiger partial charge on any atom is -0.494 e. The van der Waals surface area contributed by atoms with E-state index in [-0.39, 0.29) is 28.8 Å². The van der Waals surface area contributed by atoms with Crippen molar-refractivity contribution in [1.82, 2.24) is 13.9 Å². The van der Waals surface area contributed by atoms with Crippen LogP contribution in [0.4, 0.5) is 0 Å². The van der Waals surface area contributed by atoms with Gasteiger partial charge in [0, 0.05) is 32.7 Å². The number of rotatable bonds is 9. The molecule has 2 fully saturated rings. The Bertz CT molecular complexity index is 1320. The van der Waals surface area contributed by atoms with Crippen molar-refractivity contribution in [3.63, 3.8) is 0 Å². The van der Waals surface area contributed by atoms with Crippen molar-refractivity contribution in [3.05, 3.63) is 53.6 Å². The van der Waals surface area contributed by atoms with Gasteiger partial charge in [-0.2, -0.15) is 8.61 Å². The van der Waals surface area contributed by atoms with Crippen LogP contribution in [0.25, 0.3) is 0 Å². The molecule has 0 aliphatic carbocycles. The first kappa shape index (κ1) is 27.6. The summed E-state index contributed by atoms with van der Waals surface area (Å²) < 4.78 is 60.3. The second-order valence-corrected chi connectivity index (χ2v) is 13.4. The number of hydrogen-bond acceptors (Lipinski definition) is 6. The van der Waals surface area contributed by atoms with E-state index in [0.29, 0.717) is 44.8 Å². The van der Waals surface area contributed by atoms with Gasteiger partial charge < -0.3 is 10.1 Å². The standard InChI is InChI=1S/C26H35N3O6S2/c1-3-35-25-13-12-24(17-20(25)2)37(33,34)29-16-6-7-22(19-29)26(30)27-18-21-8-10-23(11-9-21)36(31,32)28-14-4-5-15-28/h8-13,17,22H,3-7,14-16,18-19H2,1-2H3,(H,27,30). The summed E-state index contributed by atoms with van der Waals surface area (Å²) in [5, 5.41) is 2.89. The number of hydrogen-bond donors (Lipinski definition) is 1. The molecule has 0 aromatic heterocycles. The Hall–Kier alpha value is -2.47. The Morgan fingerprint density at radius 1 is 0.919 bits per heavy atom. The van der Waals surface area contributed by atoms with Gasteiger partial charge >= 0.3 is 0 Å². The van der Waals surface area contributed by atoms with Crippen molar-refractivity contribution in [2.45, 2.75) is 55.9 Å². The number of sulfonamides is 2. The van der Waals surface area contributed by atoms with E-state index in [4.69, 9.17) is 4.74 Å². The molecule has 0 saturated carbocycles. The highest BCUT2D eigenvalue weighted by atomic mass is 32.2. The molecule has 2 aliphatic heterocycles. The lowest BCUT2D eigenvalue weighted by Gasteiger charge is -2.31. The number of carbonyl (C=O) groups excluding carboxylic acids is 1. The summed E-state index contributed by atoms with van der Waals surface area (Å²) in [5.41, 5.74) is 1.52. The van der Waals surface area contributed by atoms with Gasteiger partial charge in [0.25, 0.3) is 0 Å². The van der Waals surface area contributed by atoms with Crippen molar-refractivity contribution in [2.75, 3.05) is 32.8 Å². The van der Waals surface area contributed by atoms with E-state index in [1.54, 1.807) is 42.5 Å². The Kier molecular flexibility index (Phi) is 8.57. The highest BCUT2D eigenvalue weighted by Gasteiger charge is 2.33. The highest BCUT2D eigenvalue weighted by Crippen LogP contribution is 2.28. The van der Waals surface area contributed by atoms with Crippen LogP contribution in [0.5, 0.6) is 5.75 Å². The molecule has 1 atom stereocenters. The van der Waals surface area contributed by atoms with Gasteiger partial charge in [-0.1, -0.05) is 12.1 Å². The van der Waals surface area contributed by atoms with Crippen molar-refractivity contribution >= 4 is 26.0 Å². The highest BCUT2D eigenvalue weighted by molar-refractivity contribution is 7.89. The van der Waals surface area contributed by atoms with Gasteiger partial charge in [-0.25, -0.2) is 16.8 Å². The predicted molar refractivity (Wildman–Crippen MR) is 140 cm³/mol. The van der Waals surface area contributed by atoms with Crippen LogP contribution < -0.4 is 10.1 Å². The zero-order valence-electron chi connectivity index (χ0n) is 21.4. The lowest BCUT2D eigenvalue weighted by atomic mass is 9.99. The van der Waals surface area contributed by atoms with Gasteiger partial charge in [0.2, 0.25) is 26.0 Å². The van der Waals surface area contributed by atoms with E-state index in [2.05, 4.69) is 5.32 Å². The van der Waals surface area contributed by atoms with Crippen molar-refractivity contribution < 1.29 is 26.4 Å². The molecule has 2 aliphatic rings. The molecule has 0 spiro atoms. The third-order valence-electron chi connectivity index (χ3n) is 6.93. The quantitative estimate of drug-likeness (QED) is 0.515. The van der Waals surface area contributed by atoms with Crippen LogP contribution in [-0.4, -0.2) is 64.1 Å². The van der Waals surface area contributed by atoms with Gasteiger partial charge in [-0.15, -0.1) is 0 Å².